The molecule has 0 fully saturated rings. The quantitative estimate of drug-likeness (QED) is 0.0575. The van der Waals surface area contributed by atoms with Crippen LogP contribution in [0.1, 0.15) is 25.0 Å². The van der Waals surface area contributed by atoms with E-state index in [1.807, 2.05) is 67.0 Å². The Morgan fingerprint density at radius 1 is 0.643 bits per heavy atom. The Kier molecular flexibility index (Phi) is 14.4. The van der Waals surface area contributed by atoms with Gasteiger partial charge in [-0.3, -0.25) is 9.97 Å². The molecule has 0 aliphatic heterocycles. The van der Waals surface area contributed by atoms with Crippen LogP contribution in [0.4, 0.5) is 25.2 Å². The van der Waals surface area contributed by atoms with Gasteiger partial charge in [-0.2, -0.15) is 10.5 Å². The zero-order valence-corrected chi connectivity index (χ0v) is 25.5. The van der Waals surface area contributed by atoms with Crippen LogP contribution in [-0.4, -0.2) is 15.0 Å². The summed E-state index contributed by atoms with van der Waals surface area (Å²) in [5.74, 6) is 0. The summed E-state index contributed by atoms with van der Waals surface area (Å²) >= 11 is 0. The Hall–Kier alpha value is -3.98. The van der Waals surface area contributed by atoms with Crippen LogP contribution in [-0.2, 0) is 19.5 Å². The summed E-state index contributed by atoms with van der Waals surface area (Å²) < 4.78 is 59.2. The first kappa shape index (κ1) is 38.0. The minimum absolute atomic E-state index is 0. The molecule has 0 bridgehead atoms. The number of halogens is 6. The topological polar surface area (TPSA) is 86.2 Å². The Morgan fingerprint density at radius 3 is 1.43 bits per heavy atom. The van der Waals surface area contributed by atoms with Crippen molar-refractivity contribution in [3.8, 4) is 23.4 Å². The van der Waals surface area contributed by atoms with Crippen molar-refractivity contribution in [3.05, 3.63) is 103 Å². The second-order valence-corrected chi connectivity index (χ2v) is 9.93. The van der Waals surface area contributed by atoms with E-state index in [1.165, 1.54) is 35.7 Å². The second-order valence-electron chi connectivity index (χ2n) is 8.01. The molecule has 0 amide bonds. The van der Waals surface area contributed by atoms with Gasteiger partial charge in [0, 0.05) is 43.2 Å². The van der Waals surface area contributed by atoms with E-state index in [1.54, 1.807) is 18.3 Å². The van der Waals surface area contributed by atoms with Crippen LogP contribution >= 0.6 is 7.81 Å². The minimum atomic E-state index is -10.7. The standard InChI is InChI=1S/C14H12N2.C11H8N.2C2H3N.F6P.Ru/c1-9-5-7-15-13-11(9)3-4-12-10(2)6-8-16-14(12)13;1-2-6-10(7-3-1)11-8-4-5-9-12-11;2*1-2-3;1-7(2,3,4,5)6;/h3-8H,1-2H3;1-6,8-9H;2*1H3;;/q;-1;;;-1;+2. The maximum Gasteiger partial charge on any atom is 2.00 e. The summed E-state index contributed by atoms with van der Waals surface area (Å²) in [5.41, 5.74) is 6.50. The van der Waals surface area contributed by atoms with Gasteiger partial charge >= 0.3 is 52.5 Å². The molecule has 0 atom stereocenters. The summed E-state index contributed by atoms with van der Waals surface area (Å²) in [6, 6.07) is 28.6. The van der Waals surface area contributed by atoms with Gasteiger partial charge < -0.3 is 4.98 Å². The van der Waals surface area contributed by atoms with Gasteiger partial charge in [-0.15, -0.1) is 35.9 Å². The molecule has 13 heteroatoms. The molecule has 0 spiro atoms. The third-order valence-corrected chi connectivity index (χ3v) is 4.71. The number of benzene rings is 2. The average Bonchev–Trinajstić information content (AvgIpc) is 2.90. The first-order valence-electron chi connectivity index (χ1n) is 11.7. The van der Waals surface area contributed by atoms with Crippen molar-refractivity contribution in [3.63, 3.8) is 0 Å². The van der Waals surface area contributed by atoms with Crippen LogP contribution in [0.2, 0.25) is 0 Å². The van der Waals surface area contributed by atoms with Crippen molar-refractivity contribution in [2.24, 2.45) is 0 Å². The minimum Gasteiger partial charge on any atom is -0.305 e. The molecule has 0 saturated heterocycles. The van der Waals surface area contributed by atoms with Gasteiger partial charge in [-0.1, -0.05) is 24.3 Å². The summed E-state index contributed by atoms with van der Waals surface area (Å²) in [5, 5.41) is 17.0. The van der Waals surface area contributed by atoms with Crippen molar-refractivity contribution in [1.82, 2.24) is 15.0 Å². The molecule has 0 aliphatic carbocycles. The van der Waals surface area contributed by atoms with Crippen molar-refractivity contribution >= 4 is 29.6 Å². The number of fused-ring (bicyclic) bond motifs is 3. The van der Waals surface area contributed by atoms with Crippen molar-refractivity contribution in [2.45, 2.75) is 27.7 Å². The molecule has 0 aliphatic rings. The molecule has 222 valence electrons. The molecular formula is C29H26F6N5PRu. The molecule has 0 radical (unpaired) electrons. The van der Waals surface area contributed by atoms with Gasteiger partial charge in [0.1, 0.15) is 0 Å². The number of aryl methyl sites for hydroxylation is 2. The number of hydrogen-bond donors (Lipinski definition) is 0. The predicted molar refractivity (Wildman–Crippen MR) is 151 cm³/mol. The Balaban J connectivity index is 0.000000574. The third-order valence-electron chi connectivity index (χ3n) is 4.71. The number of nitriles is 2. The van der Waals surface area contributed by atoms with E-state index >= 15 is 0 Å². The van der Waals surface area contributed by atoms with Crippen LogP contribution in [0.25, 0.3) is 33.1 Å². The molecule has 0 N–H and O–H groups in total. The molecular weight excluding hydrogens is 664 g/mol. The fourth-order valence-corrected chi connectivity index (χ4v) is 3.18. The largest absolute Gasteiger partial charge is 2.00 e. The monoisotopic (exact) mass is 691 g/mol. The smallest absolute Gasteiger partial charge is 0.305 e. The zero-order valence-electron chi connectivity index (χ0n) is 22.9. The number of aromatic nitrogens is 3. The number of nitrogens with zero attached hydrogens (tertiary/aromatic N) is 5. The maximum absolute atomic E-state index is 10.7. The SMILES string of the molecule is CC#N.CC#N.Cc1ccnc2c1ccc1c(C)ccnc12.F[P-](F)(F)(F)(F)F.[Ru+2].[c-]1ccccc1-c1ccccn1. The Morgan fingerprint density at radius 2 is 1.07 bits per heavy atom. The van der Waals surface area contributed by atoms with Gasteiger partial charge in [0.25, 0.3) is 0 Å². The van der Waals surface area contributed by atoms with Crippen LogP contribution in [0.5, 0.6) is 0 Å². The number of hydrogen-bond acceptors (Lipinski definition) is 5. The van der Waals surface area contributed by atoms with E-state index in [4.69, 9.17) is 10.5 Å². The van der Waals surface area contributed by atoms with Crippen LogP contribution in [0, 0.1) is 42.6 Å². The molecule has 5 rings (SSSR count). The fourth-order valence-electron chi connectivity index (χ4n) is 3.18. The van der Waals surface area contributed by atoms with Gasteiger partial charge in [0.05, 0.1) is 23.2 Å². The molecule has 5 nitrogen and oxygen atoms in total. The van der Waals surface area contributed by atoms with Gasteiger partial charge in [0.2, 0.25) is 0 Å². The Bertz CT molecular complexity index is 1520. The number of rotatable bonds is 1. The molecule has 0 saturated carbocycles. The van der Waals surface area contributed by atoms with E-state index < -0.39 is 7.81 Å². The molecule has 5 aromatic rings. The zero-order chi connectivity index (χ0) is 31.2. The average molecular weight is 691 g/mol. The summed E-state index contributed by atoms with van der Waals surface area (Å²) in [7, 11) is -10.7. The van der Waals surface area contributed by atoms with Crippen molar-refractivity contribution in [1.29, 1.82) is 10.5 Å². The maximum atomic E-state index is 9.87. The summed E-state index contributed by atoms with van der Waals surface area (Å²) in [6.07, 6.45) is 5.48. The van der Waals surface area contributed by atoms with E-state index in [0.29, 0.717) is 0 Å². The van der Waals surface area contributed by atoms with Crippen LogP contribution in [0.3, 0.4) is 0 Å². The predicted octanol–water partition coefficient (Wildman–Crippen LogP) is 10.4. The first-order valence-corrected chi connectivity index (χ1v) is 13.7. The molecule has 3 heterocycles. The van der Waals surface area contributed by atoms with Gasteiger partial charge in [-0.05, 0) is 48.9 Å². The van der Waals surface area contributed by atoms with E-state index in [9.17, 15) is 25.2 Å². The third kappa shape index (κ3) is 15.7. The van der Waals surface area contributed by atoms with Crippen molar-refractivity contribution in [2.75, 3.05) is 0 Å². The summed E-state index contributed by atoms with van der Waals surface area (Å²) in [4.78, 5) is 13.1. The van der Waals surface area contributed by atoms with E-state index in [0.717, 1.165) is 22.3 Å². The van der Waals surface area contributed by atoms with Crippen molar-refractivity contribution < 1.29 is 44.7 Å². The van der Waals surface area contributed by atoms with Gasteiger partial charge in [-0.25, -0.2) is 0 Å². The van der Waals surface area contributed by atoms with Crippen LogP contribution in [0.15, 0.2) is 85.3 Å². The van der Waals surface area contributed by atoms with Crippen LogP contribution < -0.4 is 0 Å². The molecule has 42 heavy (non-hydrogen) atoms. The van der Waals surface area contributed by atoms with E-state index in [2.05, 4.69) is 47.0 Å². The van der Waals surface area contributed by atoms with E-state index in [-0.39, 0.29) is 19.5 Å². The first-order chi connectivity index (χ1) is 19.0. The molecule has 2 aromatic carbocycles. The second kappa shape index (κ2) is 15.9. The molecule has 3 aromatic heterocycles. The molecule has 0 unspecified atom stereocenters. The Labute approximate surface area is 252 Å². The number of pyridine rings is 3. The fraction of sp³-hybridized carbons (Fsp3) is 0.138. The van der Waals surface area contributed by atoms with Gasteiger partial charge in [0.15, 0.2) is 0 Å². The normalized spacial score (nSPS) is 11.2. The summed E-state index contributed by atoms with van der Waals surface area (Å²) in [6.45, 7) is 7.07.